The van der Waals surface area contributed by atoms with Crippen molar-refractivity contribution in [1.82, 2.24) is 0 Å². The molecule has 0 unspecified atom stereocenters. The summed E-state index contributed by atoms with van der Waals surface area (Å²) >= 11 is 0. The van der Waals surface area contributed by atoms with E-state index in [-0.39, 0.29) is 21.7 Å². The largest absolute Gasteiger partial charge is 0.494 e. The van der Waals surface area contributed by atoms with Gasteiger partial charge >= 0.3 is 0 Å². The molecule has 55 heavy (non-hydrogen) atoms. The smallest absolute Gasteiger partial charge is 0.280 e. The molecule has 0 aromatic heterocycles. The first-order valence-corrected chi connectivity index (χ1v) is 23.0. The van der Waals surface area contributed by atoms with Gasteiger partial charge in [-0.05, 0) is 71.6 Å². The third kappa shape index (κ3) is 10.1. The van der Waals surface area contributed by atoms with Gasteiger partial charge in [0.1, 0.15) is 23.0 Å². The quantitative estimate of drug-likeness (QED) is 0.119. The van der Waals surface area contributed by atoms with Crippen molar-refractivity contribution in [2.24, 2.45) is 0 Å². The van der Waals surface area contributed by atoms with Crippen molar-refractivity contribution in [3.63, 3.8) is 0 Å². The highest BCUT2D eigenvalue weighted by molar-refractivity contribution is 6.93. The van der Waals surface area contributed by atoms with Gasteiger partial charge in [0.25, 0.3) is 18.1 Å². The lowest BCUT2D eigenvalue weighted by molar-refractivity contribution is 0.330. The Morgan fingerprint density at radius 2 is 0.545 bits per heavy atom. The van der Waals surface area contributed by atoms with Crippen molar-refractivity contribution in [2.75, 3.05) is 26.4 Å². The van der Waals surface area contributed by atoms with E-state index in [1.165, 1.54) is 0 Å². The average molecular weight is 781 g/mol. The summed E-state index contributed by atoms with van der Waals surface area (Å²) in [5, 5.41) is 4.29. The molecular weight excluding hydrogens is 713 g/mol. The highest BCUT2D eigenvalue weighted by Gasteiger charge is 2.40. The third-order valence-electron chi connectivity index (χ3n) is 9.63. The van der Waals surface area contributed by atoms with Crippen LogP contribution in [0.2, 0.25) is 0 Å². The lowest BCUT2D eigenvalue weighted by atomic mass is 9.86. The number of hydrogen-bond acceptors (Lipinski definition) is 5. The van der Waals surface area contributed by atoms with Gasteiger partial charge in [0.15, 0.2) is 0 Å². The van der Waals surface area contributed by atoms with E-state index in [4.69, 9.17) is 23.1 Å². The Morgan fingerprint density at radius 1 is 0.345 bits per heavy atom. The standard InChI is InChI=1S/C48H68O5Si2/c1-17-49-41-33(45(5,6)7)25-21-29-37(41)54(38-30-22-26-34(46(8,9)10)42(38)50-18-2)53-55(39-31-23-27-35(47(11,12)13)43(39)51-19-3)40-32-24-28-36(48(14,15)16)44(40)52-20-4/h21-32H,17-20H2,1-16H3. The molecular formula is C48H68O5Si2. The monoisotopic (exact) mass is 780 g/mol. The second-order valence-corrected chi connectivity index (χ2v) is 22.5. The third-order valence-corrected chi connectivity index (χ3v) is 14.8. The average Bonchev–Trinajstić information content (AvgIpc) is 3.08. The Balaban J connectivity index is 2.25. The molecule has 4 aromatic carbocycles. The van der Waals surface area contributed by atoms with E-state index in [1.807, 2.05) is 0 Å². The van der Waals surface area contributed by atoms with Crippen LogP contribution in [0.1, 0.15) is 133 Å². The fourth-order valence-electron chi connectivity index (χ4n) is 7.04. The summed E-state index contributed by atoms with van der Waals surface area (Å²) in [4.78, 5) is 0. The van der Waals surface area contributed by atoms with Crippen LogP contribution in [0.5, 0.6) is 23.0 Å². The van der Waals surface area contributed by atoms with Crippen molar-refractivity contribution in [3.05, 3.63) is 95.1 Å². The molecule has 4 rings (SSSR count). The molecule has 0 aliphatic heterocycles. The van der Waals surface area contributed by atoms with Gasteiger partial charge in [0.2, 0.25) is 0 Å². The summed E-state index contributed by atoms with van der Waals surface area (Å²) in [6.07, 6.45) is 0. The van der Waals surface area contributed by atoms with Crippen molar-refractivity contribution >= 4 is 38.8 Å². The van der Waals surface area contributed by atoms with Gasteiger partial charge in [-0.25, -0.2) is 0 Å². The predicted octanol–water partition coefficient (Wildman–Crippen LogP) is 9.40. The second kappa shape index (κ2) is 17.7. The summed E-state index contributed by atoms with van der Waals surface area (Å²) < 4.78 is 34.9. The van der Waals surface area contributed by atoms with Crippen LogP contribution in [0, 0.1) is 0 Å². The van der Waals surface area contributed by atoms with E-state index < -0.39 is 18.1 Å². The minimum absolute atomic E-state index is 0.163. The maximum absolute atomic E-state index is 8.10. The molecule has 0 atom stereocenters. The van der Waals surface area contributed by atoms with Gasteiger partial charge in [-0.15, -0.1) is 0 Å². The Labute approximate surface area is 337 Å². The molecule has 0 saturated heterocycles. The summed E-state index contributed by atoms with van der Waals surface area (Å²) in [5.74, 6) is 3.60. The summed E-state index contributed by atoms with van der Waals surface area (Å²) in [6.45, 7) is 37.4. The first kappa shape index (κ1) is 44.2. The molecule has 0 heterocycles. The number of rotatable bonds is 14. The van der Waals surface area contributed by atoms with Gasteiger partial charge in [-0.1, -0.05) is 156 Å². The number of benzene rings is 4. The Bertz CT molecular complexity index is 1620. The zero-order valence-electron chi connectivity index (χ0n) is 36.8. The molecule has 0 fully saturated rings. The van der Waals surface area contributed by atoms with Gasteiger partial charge < -0.3 is 23.1 Å². The zero-order valence-corrected chi connectivity index (χ0v) is 38.8. The minimum atomic E-state index is -2.13. The normalized spacial score (nSPS) is 12.7. The Hall–Kier alpha value is -3.53. The second-order valence-electron chi connectivity index (χ2n) is 18.2. The molecule has 5 nitrogen and oxygen atoms in total. The van der Waals surface area contributed by atoms with Crippen LogP contribution in [-0.2, 0) is 25.8 Å². The Morgan fingerprint density at radius 3 is 0.709 bits per heavy atom. The van der Waals surface area contributed by atoms with Crippen molar-refractivity contribution in [1.29, 1.82) is 0 Å². The summed E-state index contributed by atoms with van der Waals surface area (Å²) in [6, 6.07) is 26.4. The van der Waals surface area contributed by atoms with Gasteiger partial charge in [-0.3, -0.25) is 0 Å². The molecule has 0 saturated carbocycles. The van der Waals surface area contributed by atoms with Crippen LogP contribution in [0.4, 0.5) is 0 Å². The summed E-state index contributed by atoms with van der Waals surface area (Å²) in [5.41, 5.74) is 3.98. The molecule has 0 amide bonds. The van der Waals surface area contributed by atoms with E-state index in [1.54, 1.807) is 0 Å². The molecule has 4 aromatic rings. The van der Waals surface area contributed by atoms with E-state index in [2.05, 4.69) is 184 Å². The maximum atomic E-state index is 8.10. The molecule has 7 heteroatoms. The lowest BCUT2D eigenvalue weighted by Crippen LogP contribution is -2.57. The fourth-order valence-corrected chi connectivity index (χ4v) is 12.8. The van der Waals surface area contributed by atoms with E-state index >= 15 is 0 Å². The summed E-state index contributed by atoms with van der Waals surface area (Å²) in [7, 11) is -4.27. The SMILES string of the molecule is CCOc1c([Si](O[Si](c2cccc(C(C)(C)C)c2OCC)c2cccc(C(C)(C)C)c2OCC)c2cccc(C(C)(C)C)c2OCC)cccc1C(C)(C)C. The molecule has 2 radical (unpaired) electrons. The molecule has 0 aliphatic rings. The minimum Gasteiger partial charge on any atom is -0.494 e. The highest BCUT2D eigenvalue weighted by Crippen LogP contribution is 2.36. The Kier molecular flexibility index (Phi) is 14.2. The molecule has 0 bridgehead atoms. The van der Waals surface area contributed by atoms with Gasteiger partial charge in [0, 0.05) is 20.7 Å². The zero-order chi connectivity index (χ0) is 40.9. The fraction of sp³-hybridized carbons (Fsp3) is 0.500. The van der Waals surface area contributed by atoms with Crippen molar-refractivity contribution in [2.45, 2.75) is 132 Å². The van der Waals surface area contributed by atoms with Gasteiger partial charge in [0.05, 0.1) is 26.4 Å². The molecule has 0 N–H and O–H groups in total. The number of hydrogen-bond donors (Lipinski definition) is 0. The highest BCUT2D eigenvalue weighted by atomic mass is 28.4. The van der Waals surface area contributed by atoms with E-state index in [0.717, 1.165) is 66.0 Å². The van der Waals surface area contributed by atoms with Crippen molar-refractivity contribution in [3.8, 4) is 23.0 Å². The van der Waals surface area contributed by atoms with Gasteiger partial charge in [-0.2, -0.15) is 0 Å². The molecule has 0 spiro atoms. The molecule has 0 aliphatic carbocycles. The topological polar surface area (TPSA) is 46.2 Å². The van der Waals surface area contributed by atoms with E-state index in [0.29, 0.717) is 26.4 Å². The predicted molar refractivity (Wildman–Crippen MR) is 236 cm³/mol. The first-order chi connectivity index (χ1) is 25.7. The van der Waals surface area contributed by atoms with Crippen LogP contribution in [-0.4, -0.2) is 44.5 Å². The maximum Gasteiger partial charge on any atom is 0.280 e. The van der Waals surface area contributed by atoms with Crippen LogP contribution >= 0.6 is 0 Å². The van der Waals surface area contributed by atoms with Crippen LogP contribution in [0.3, 0.4) is 0 Å². The lowest BCUT2D eigenvalue weighted by Gasteiger charge is -2.33. The van der Waals surface area contributed by atoms with Crippen molar-refractivity contribution < 1.29 is 23.1 Å². The van der Waals surface area contributed by atoms with E-state index in [9.17, 15) is 0 Å². The van der Waals surface area contributed by atoms with Crippen LogP contribution in [0.15, 0.2) is 72.8 Å². The molecule has 298 valence electrons. The number of para-hydroxylation sites is 4. The van der Waals surface area contributed by atoms with Crippen LogP contribution in [0.25, 0.3) is 0 Å². The number of ether oxygens (including phenoxy) is 4. The first-order valence-electron chi connectivity index (χ1n) is 20.2. The van der Waals surface area contributed by atoms with Crippen LogP contribution < -0.4 is 39.7 Å².